The van der Waals surface area contributed by atoms with E-state index in [-0.39, 0.29) is 11.3 Å². The number of nitrogens with zero attached hydrogens (tertiary/aromatic N) is 1. The average Bonchev–Trinajstić information content (AvgIpc) is 3.08. The summed E-state index contributed by atoms with van der Waals surface area (Å²) in [4.78, 5) is 14.9. The molecule has 0 spiro atoms. The van der Waals surface area contributed by atoms with Crippen LogP contribution in [-0.2, 0) is 26.7 Å². The predicted octanol–water partition coefficient (Wildman–Crippen LogP) is 3.86. The van der Waals surface area contributed by atoms with Gasteiger partial charge in [-0.05, 0) is 51.9 Å². The number of carbonyl (C=O) groups excluding carboxylic acids is 1. The maximum absolute atomic E-state index is 12.9. The number of rotatable bonds is 5. The number of likely N-dealkylation sites (tertiary alicyclic amines) is 1. The Balaban J connectivity index is 1.27. The second-order valence-electron chi connectivity index (χ2n) is 8.68. The van der Waals surface area contributed by atoms with Crippen molar-refractivity contribution in [1.29, 1.82) is 0 Å². The van der Waals surface area contributed by atoms with Gasteiger partial charge in [-0.3, -0.25) is 9.52 Å². The van der Waals surface area contributed by atoms with E-state index in [1.54, 1.807) is 17.4 Å². The van der Waals surface area contributed by atoms with Gasteiger partial charge in [-0.15, -0.1) is 11.3 Å². The molecular weight excluding hydrogens is 416 g/mol. The number of piperidine rings is 1. The van der Waals surface area contributed by atoms with Crippen LogP contribution in [0.25, 0.3) is 10.1 Å². The topological polar surface area (TPSA) is 66.5 Å². The first kappa shape index (κ1) is 19.6. The van der Waals surface area contributed by atoms with Gasteiger partial charge in [0.1, 0.15) is 0 Å². The third-order valence-corrected chi connectivity index (χ3v) is 8.41. The highest BCUT2D eigenvalue weighted by Crippen LogP contribution is 2.63. The molecule has 0 bridgehead atoms. The van der Waals surface area contributed by atoms with Crippen LogP contribution in [0.3, 0.4) is 0 Å². The molecule has 30 heavy (non-hydrogen) atoms. The summed E-state index contributed by atoms with van der Waals surface area (Å²) in [6, 6.07) is 15.9. The van der Waals surface area contributed by atoms with Crippen LogP contribution in [0.2, 0.25) is 0 Å². The zero-order chi connectivity index (χ0) is 21.1. The van der Waals surface area contributed by atoms with Gasteiger partial charge < -0.3 is 4.90 Å². The highest BCUT2D eigenvalue weighted by molar-refractivity contribution is 7.92. The molecule has 3 aromatic rings. The molecule has 7 heteroatoms. The van der Waals surface area contributed by atoms with E-state index in [9.17, 15) is 13.2 Å². The van der Waals surface area contributed by atoms with E-state index >= 15 is 0 Å². The molecular formula is C23H24N2O3S2. The molecule has 2 atom stereocenters. The molecule has 2 aromatic carbocycles. The van der Waals surface area contributed by atoms with E-state index in [0.29, 0.717) is 23.9 Å². The van der Waals surface area contributed by atoms with Crippen molar-refractivity contribution in [3.05, 3.63) is 65.0 Å². The van der Waals surface area contributed by atoms with Crippen molar-refractivity contribution in [3.63, 3.8) is 0 Å². The first-order valence-electron chi connectivity index (χ1n) is 10.1. The molecule has 2 unspecified atom stereocenters. The molecule has 1 N–H and O–H groups in total. The van der Waals surface area contributed by atoms with Gasteiger partial charge in [-0.25, -0.2) is 8.42 Å². The summed E-state index contributed by atoms with van der Waals surface area (Å²) in [5.41, 5.74) is 2.85. The standard InChI is InChI=1S/C23H24N2O3S2/c1-23(16-6-5-7-17(11-16)24-30(2,27)28)19-12-25(13-20(19)23)22(26)10-15-14-29-21-9-4-3-8-18(15)21/h3-9,11,14,19-20,24H,10,12-13H2,1-2H3. The lowest BCUT2D eigenvalue weighted by Gasteiger charge is -2.25. The molecule has 1 aliphatic heterocycles. The fourth-order valence-electron chi connectivity index (χ4n) is 5.09. The van der Waals surface area contributed by atoms with Crippen LogP contribution in [0.15, 0.2) is 53.9 Å². The van der Waals surface area contributed by atoms with Gasteiger partial charge in [-0.2, -0.15) is 0 Å². The lowest BCUT2D eigenvalue weighted by molar-refractivity contribution is -0.130. The van der Waals surface area contributed by atoms with Crippen molar-refractivity contribution in [1.82, 2.24) is 4.90 Å². The molecule has 2 fully saturated rings. The lowest BCUT2D eigenvalue weighted by atomic mass is 9.92. The zero-order valence-corrected chi connectivity index (χ0v) is 18.6. The number of thiophene rings is 1. The van der Waals surface area contributed by atoms with Crippen molar-refractivity contribution in [2.75, 3.05) is 24.1 Å². The van der Waals surface area contributed by atoms with E-state index in [0.717, 1.165) is 30.5 Å². The van der Waals surface area contributed by atoms with Crippen LogP contribution in [0.1, 0.15) is 18.1 Å². The Morgan fingerprint density at radius 3 is 2.63 bits per heavy atom. The van der Waals surface area contributed by atoms with Crippen molar-refractivity contribution >= 4 is 43.0 Å². The summed E-state index contributed by atoms with van der Waals surface area (Å²) < 4.78 is 26.9. The van der Waals surface area contributed by atoms with Gasteiger partial charge in [0.15, 0.2) is 0 Å². The Hall–Kier alpha value is -2.38. The number of amides is 1. The maximum atomic E-state index is 12.9. The van der Waals surface area contributed by atoms with Gasteiger partial charge in [0, 0.05) is 28.9 Å². The Morgan fingerprint density at radius 2 is 1.90 bits per heavy atom. The fraction of sp³-hybridized carbons (Fsp3) is 0.348. The van der Waals surface area contributed by atoms with E-state index in [4.69, 9.17) is 0 Å². The van der Waals surface area contributed by atoms with Crippen molar-refractivity contribution < 1.29 is 13.2 Å². The molecule has 2 heterocycles. The lowest BCUT2D eigenvalue weighted by Crippen LogP contribution is -2.35. The van der Waals surface area contributed by atoms with Crippen LogP contribution >= 0.6 is 11.3 Å². The van der Waals surface area contributed by atoms with E-state index in [1.165, 1.54) is 10.1 Å². The number of carbonyl (C=O) groups is 1. The SMILES string of the molecule is CC1(c2cccc(NS(C)(=O)=O)c2)C2CN(C(=O)Cc3csc4ccccc34)CC21. The second kappa shape index (κ2) is 6.82. The Bertz CT molecular complexity index is 1240. The number of benzene rings is 2. The summed E-state index contributed by atoms with van der Waals surface area (Å²) in [5, 5.41) is 3.28. The fourth-order valence-corrected chi connectivity index (χ4v) is 6.61. The Labute approximate surface area is 180 Å². The van der Waals surface area contributed by atoms with E-state index < -0.39 is 10.0 Å². The first-order chi connectivity index (χ1) is 14.3. The summed E-state index contributed by atoms with van der Waals surface area (Å²) in [6.07, 6.45) is 1.61. The number of hydrogen-bond donors (Lipinski definition) is 1. The second-order valence-corrected chi connectivity index (χ2v) is 11.3. The number of anilines is 1. The minimum atomic E-state index is -3.30. The van der Waals surface area contributed by atoms with Crippen LogP contribution in [0.5, 0.6) is 0 Å². The first-order valence-corrected chi connectivity index (χ1v) is 12.8. The highest BCUT2D eigenvalue weighted by Gasteiger charge is 2.66. The van der Waals surface area contributed by atoms with E-state index in [2.05, 4.69) is 35.2 Å². The number of hydrogen-bond acceptors (Lipinski definition) is 4. The van der Waals surface area contributed by atoms with Gasteiger partial charge in [-0.1, -0.05) is 37.3 Å². The number of fused-ring (bicyclic) bond motifs is 2. The van der Waals surface area contributed by atoms with Crippen molar-refractivity contribution in [2.45, 2.75) is 18.8 Å². The Kier molecular flexibility index (Phi) is 4.45. The molecule has 156 valence electrons. The molecule has 5 nitrogen and oxygen atoms in total. The molecule has 1 saturated carbocycles. The average molecular weight is 441 g/mol. The zero-order valence-electron chi connectivity index (χ0n) is 17.0. The monoisotopic (exact) mass is 440 g/mol. The van der Waals surface area contributed by atoms with Crippen molar-refractivity contribution in [3.8, 4) is 0 Å². The highest BCUT2D eigenvalue weighted by atomic mass is 32.2. The third-order valence-electron chi connectivity index (χ3n) is 6.79. The van der Waals surface area contributed by atoms with Gasteiger partial charge in [0.05, 0.1) is 12.7 Å². The minimum Gasteiger partial charge on any atom is -0.342 e. The molecule has 2 aliphatic rings. The summed E-state index contributed by atoms with van der Waals surface area (Å²) in [6.45, 7) is 3.77. The molecule has 0 radical (unpaired) electrons. The molecule has 1 aromatic heterocycles. The minimum absolute atomic E-state index is 0.00104. The van der Waals surface area contributed by atoms with Gasteiger partial charge in [0.2, 0.25) is 15.9 Å². The maximum Gasteiger partial charge on any atom is 0.229 e. The largest absolute Gasteiger partial charge is 0.342 e. The van der Waals surface area contributed by atoms with Gasteiger partial charge in [0.25, 0.3) is 0 Å². The summed E-state index contributed by atoms with van der Waals surface area (Å²) in [5.74, 6) is 1.05. The predicted molar refractivity (Wildman–Crippen MR) is 121 cm³/mol. The molecule has 1 saturated heterocycles. The molecule has 1 amide bonds. The summed E-state index contributed by atoms with van der Waals surface area (Å²) >= 11 is 1.69. The smallest absolute Gasteiger partial charge is 0.229 e. The van der Waals surface area contributed by atoms with E-state index in [1.807, 2.05) is 29.2 Å². The van der Waals surface area contributed by atoms with Gasteiger partial charge >= 0.3 is 0 Å². The molecule has 1 aliphatic carbocycles. The normalized spacial score (nSPS) is 25.3. The van der Waals surface area contributed by atoms with Crippen LogP contribution in [-0.4, -0.2) is 38.6 Å². The van der Waals surface area contributed by atoms with Crippen LogP contribution in [0, 0.1) is 11.8 Å². The van der Waals surface area contributed by atoms with Crippen molar-refractivity contribution in [2.24, 2.45) is 11.8 Å². The molecule has 5 rings (SSSR count). The summed E-state index contributed by atoms with van der Waals surface area (Å²) in [7, 11) is -3.30. The third kappa shape index (κ3) is 3.30. The quantitative estimate of drug-likeness (QED) is 0.655. The number of nitrogens with one attached hydrogen (secondary N) is 1. The van der Waals surface area contributed by atoms with Crippen LogP contribution in [0.4, 0.5) is 5.69 Å². The number of sulfonamides is 1. The van der Waals surface area contributed by atoms with Crippen LogP contribution < -0.4 is 4.72 Å². The Morgan fingerprint density at radius 1 is 1.17 bits per heavy atom.